The summed E-state index contributed by atoms with van der Waals surface area (Å²) in [6, 6.07) is 5.31. The van der Waals surface area contributed by atoms with Crippen molar-refractivity contribution in [1.29, 1.82) is 0 Å². The Kier molecular flexibility index (Phi) is 4.53. The van der Waals surface area contributed by atoms with Crippen LogP contribution in [0.5, 0.6) is 22.4 Å². The number of benzene rings is 1. The zero-order valence-electron chi connectivity index (χ0n) is 11.0. The summed E-state index contributed by atoms with van der Waals surface area (Å²) in [6.45, 7) is 0.669. The lowest BCUT2D eigenvalue weighted by molar-refractivity contribution is 0.386. The van der Waals surface area contributed by atoms with Gasteiger partial charge in [0.15, 0.2) is 0 Å². The first kappa shape index (κ1) is 13.6. The van der Waals surface area contributed by atoms with Gasteiger partial charge in [-0.05, 0) is 7.05 Å². The van der Waals surface area contributed by atoms with Crippen molar-refractivity contribution < 1.29 is 14.2 Å². The molecular formula is C12H15N3O3S. The Morgan fingerprint density at radius 1 is 1.05 bits per heavy atom. The zero-order valence-corrected chi connectivity index (χ0v) is 11.8. The Morgan fingerprint density at radius 3 is 2.26 bits per heavy atom. The second-order valence-corrected chi connectivity index (χ2v) is 4.67. The van der Waals surface area contributed by atoms with Crippen molar-refractivity contribution >= 4 is 11.3 Å². The quantitative estimate of drug-likeness (QED) is 0.874. The molecule has 2 aromatic rings. The molecule has 0 unspecified atom stereocenters. The molecule has 1 heterocycles. The first-order valence-corrected chi connectivity index (χ1v) is 6.44. The number of nitrogens with one attached hydrogen (secondary N) is 1. The topological polar surface area (TPSA) is 65.5 Å². The van der Waals surface area contributed by atoms with Crippen LogP contribution in [0, 0.1) is 0 Å². The lowest BCUT2D eigenvalue weighted by Gasteiger charge is -2.07. The van der Waals surface area contributed by atoms with Crippen LogP contribution in [-0.2, 0) is 6.54 Å². The molecule has 7 heteroatoms. The summed E-state index contributed by atoms with van der Waals surface area (Å²) in [6.07, 6.45) is 0. The summed E-state index contributed by atoms with van der Waals surface area (Å²) in [5.41, 5.74) is 0. The van der Waals surface area contributed by atoms with Gasteiger partial charge in [-0.15, -0.1) is 5.10 Å². The van der Waals surface area contributed by atoms with E-state index in [-0.39, 0.29) is 0 Å². The summed E-state index contributed by atoms with van der Waals surface area (Å²) >= 11 is 1.39. The highest BCUT2D eigenvalue weighted by atomic mass is 32.1. The third kappa shape index (κ3) is 3.55. The molecular weight excluding hydrogens is 266 g/mol. The van der Waals surface area contributed by atoms with E-state index in [0.29, 0.717) is 29.0 Å². The molecule has 1 N–H and O–H groups in total. The van der Waals surface area contributed by atoms with Gasteiger partial charge in [0, 0.05) is 24.7 Å². The van der Waals surface area contributed by atoms with E-state index >= 15 is 0 Å². The van der Waals surface area contributed by atoms with Crippen LogP contribution in [-0.4, -0.2) is 31.5 Å². The maximum Gasteiger partial charge on any atom is 0.299 e. The van der Waals surface area contributed by atoms with Crippen molar-refractivity contribution in [2.24, 2.45) is 0 Å². The van der Waals surface area contributed by atoms with Crippen LogP contribution in [0.1, 0.15) is 5.01 Å². The molecule has 1 aromatic carbocycles. The van der Waals surface area contributed by atoms with E-state index in [1.807, 2.05) is 7.05 Å². The van der Waals surface area contributed by atoms with Gasteiger partial charge in [-0.1, -0.05) is 16.4 Å². The molecule has 0 saturated heterocycles. The monoisotopic (exact) mass is 281 g/mol. The average Bonchev–Trinajstić information content (AvgIpc) is 2.86. The fourth-order valence-electron chi connectivity index (χ4n) is 1.44. The van der Waals surface area contributed by atoms with Crippen LogP contribution in [0.15, 0.2) is 18.2 Å². The molecule has 6 nitrogen and oxygen atoms in total. The van der Waals surface area contributed by atoms with Gasteiger partial charge in [0.1, 0.15) is 22.3 Å². The molecule has 1 aromatic heterocycles. The number of nitrogens with zero attached hydrogens (tertiary/aromatic N) is 2. The molecule has 2 rings (SSSR count). The molecule has 0 atom stereocenters. The summed E-state index contributed by atoms with van der Waals surface area (Å²) in [5.74, 6) is 1.92. The van der Waals surface area contributed by atoms with Crippen LogP contribution < -0.4 is 19.5 Å². The average molecular weight is 281 g/mol. The van der Waals surface area contributed by atoms with Crippen LogP contribution >= 0.6 is 11.3 Å². The van der Waals surface area contributed by atoms with Gasteiger partial charge in [-0.3, -0.25) is 0 Å². The minimum Gasteiger partial charge on any atom is -0.496 e. The minimum atomic E-state index is 0.487. The smallest absolute Gasteiger partial charge is 0.299 e. The number of hydrogen-bond acceptors (Lipinski definition) is 7. The molecule has 102 valence electrons. The number of ether oxygens (including phenoxy) is 3. The van der Waals surface area contributed by atoms with Crippen LogP contribution in [0.3, 0.4) is 0 Å². The van der Waals surface area contributed by atoms with E-state index in [0.717, 1.165) is 5.01 Å². The minimum absolute atomic E-state index is 0.487. The Balaban J connectivity index is 2.16. The Morgan fingerprint density at radius 2 is 1.68 bits per heavy atom. The van der Waals surface area contributed by atoms with Crippen molar-refractivity contribution in [2.75, 3.05) is 21.3 Å². The van der Waals surface area contributed by atoms with Crippen LogP contribution in [0.2, 0.25) is 0 Å². The van der Waals surface area contributed by atoms with Crippen molar-refractivity contribution in [2.45, 2.75) is 6.54 Å². The normalized spacial score (nSPS) is 10.3. The molecule has 0 amide bonds. The SMILES string of the molecule is CNCc1nnc(Oc2cc(OC)cc(OC)c2)s1. The number of rotatable bonds is 6. The molecule has 0 fully saturated rings. The highest BCUT2D eigenvalue weighted by Gasteiger charge is 2.08. The molecule has 19 heavy (non-hydrogen) atoms. The van der Waals surface area contributed by atoms with Gasteiger partial charge in [-0.2, -0.15) is 0 Å². The largest absolute Gasteiger partial charge is 0.496 e. The molecule has 0 aliphatic heterocycles. The second-order valence-electron chi connectivity index (χ2n) is 3.64. The van der Waals surface area contributed by atoms with Crippen molar-refractivity contribution in [3.63, 3.8) is 0 Å². The maximum absolute atomic E-state index is 5.65. The van der Waals surface area contributed by atoms with Gasteiger partial charge >= 0.3 is 0 Å². The fourth-order valence-corrected chi connectivity index (χ4v) is 2.16. The van der Waals surface area contributed by atoms with E-state index in [1.54, 1.807) is 32.4 Å². The van der Waals surface area contributed by atoms with E-state index < -0.39 is 0 Å². The third-order valence-corrected chi connectivity index (χ3v) is 3.11. The first-order chi connectivity index (χ1) is 9.25. The van der Waals surface area contributed by atoms with Gasteiger partial charge in [0.25, 0.3) is 5.19 Å². The molecule has 0 saturated carbocycles. The van der Waals surface area contributed by atoms with Crippen LogP contribution in [0.4, 0.5) is 0 Å². The second kappa shape index (κ2) is 6.35. The Labute approximate surface area is 115 Å². The lowest BCUT2D eigenvalue weighted by atomic mass is 10.3. The van der Waals surface area contributed by atoms with Gasteiger partial charge in [0.2, 0.25) is 0 Å². The number of hydrogen-bond donors (Lipinski definition) is 1. The van der Waals surface area contributed by atoms with Gasteiger partial charge in [0.05, 0.1) is 14.2 Å². The summed E-state index contributed by atoms with van der Waals surface area (Å²) in [5, 5.41) is 12.3. The Hall–Kier alpha value is -1.86. The first-order valence-electron chi connectivity index (χ1n) is 5.63. The summed E-state index contributed by atoms with van der Waals surface area (Å²) in [4.78, 5) is 0. The summed E-state index contributed by atoms with van der Waals surface area (Å²) < 4.78 is 16.0. The van der Waals surface area contributed by atoms with E-state index in [2.05, 4.69) is 15.5 Å². The highest BCUT2D eigenvalue weighted by molar-refractivity contribution is 7.13. The standard InChI is InChI=1S/C12H15N3O3S/c1-13-7-11-14-15-12(19-11)18-10-5-8(16-2)4-9(6-10)17-3/h4-6,13H,7H2,1-3H3. The fraction of sp³-hybridized carbons (Fsp3) is 0.333. The third-order valence-electron chi connectivity index (χ3n) is 2.31. The molecule has 0 bridgehead atoms. The number of aromatic nitrogens is 2. The van der Waals surface area contributed by atoms with Crippen molar-refractivity contribution in [3.8, 4) is 22.4 Å². The molecule has 0 aliphatic carbocycles. The predicted molar refractivity (Wildman–Crippen MR) is 72.3 cm³/mol. The maximum atomic E-state index is 5.65. The van der Waals surface area contributed by atoms with Gasteiger partial charge < -0.3 is 19.5 Å². The van der Waals surface area contributed by atoms with E-state index in [9.17, 15) is 0 Å². The van der Waals surface area contributed by atoms with E-state index in [1.165, 1.54) is 11.3 Å². The highest BCUT2D eigenvalue weighted by Crippen LogP contribution is 2.31. The van der Waals surface area contributed by atoms with Crippen molar-refractivity contribution in [3.05, 3.63) is 23.2 Å². The van der Waals surface area contributed by atoms with Crippen molar-refractivity contribution in [1.82, 2.24) is 15.5 Å². The lowest BCUT2D eigenvalue weighted by Crippen LogP contribution is -2.04. The van der Waals surface area contributed by atoms with Gasteiger partial charge in [-0.25, -0.2) is 0 Å². The predicted octanol–water partition coefficient (Wildman–Crippen LogP) is 2.07. The zero-order chi connectivity index (χ0) is 13.7. The van der Waals surface area contributed by atoms with E-state index in [4.69, 9.17) is 14.2 Å². The molecule has 0 spiro atoms. The van der Waals surface area contributed by atoms with Crippen LogP contribution in [0.25, 0.3) is 0 Å². The number of methoxy groups -OCH3 is 2. The Bertz CT molecular complexity index is 523. The summed E-state index contributed by atoms with van der Waals surface area (Å²) in [7, 11) is 5.04. The molecule has 0 aliphatic rings. The molecule has 0 radical (unpaired) electrons.